The molecule has 1 aromatic heterocycles. The van der Waals surface area contributed by atoms with Crippen molar-refractivity contribution in [2.24, 2.45) is 0 Å². The second-order valence-electron chi connectivity index (χ2n) is 10.2. The van der Waals surface area contributed by atoms with Crippen molar-refractivity contribution in [1.29, 1.82) is 0 Å². The first-order valence-electron chi connectivity index (χ1n) is 14.6. The van der Waals surface area contributed by atoms with Crippen LogP contribution in [0.15, 0.2) is 70.6 Å². The largest absolute Gasteiger partial charge is 0.507 e. The second-order valence-corrected chi connectivity index (χ2v) is 13.3. The molecule has 0 bridgehead atoms. The number of carbonyl (C=O) groups excluding carboxylic acids is 2. The number of amides is 1. The molecule has 1 saturated heterocycles. The molecule has 1 amide bonds. The Kier molecular flexibility index (Phi) is 11.2. The number of aliphatic hydroxyl groups is 1. The molecule has 1 fully saturated rings. The number of Topliss-reactive ketones (excluding diaryl/α,β-unsaturated/α-hetero) is 1. The fraction of sp³-hybridized carbons (Fsp3) is 0.273. The lowest BCUT2D eigenvalue weighted by molar-refractivity contribution is -0.132. The Balaban J connectivity index is 1.54. The number of halogens is 3. The number of rotatable bonds is 13. The molecule has 0 saturated carbocycles. The lowest BCUT2D eigenvalue weighted by Gasteiger charge is -2.23. The Morgan fingerprint density at radius 3 is 2.50 bits per heavy atom. The van der Waals surface area contributed by atoms with E-state index in [1.54, 1.807) is 30.3 Å². The predicted octanol–water partition coefficient (Wildman–Crippen LogP) is 8.87. The summed E-state index contributed by atoms with van der Waals surface area (Å²) in [5, 5.41) is 21.1. The number of unbranched alkanes of at least 4 members (excludes halogenated alkanes) is 2. The van der Waals surface area contributed by atoms with E-state index in [0.29, 0.717) is 50.4 Å². The highest BCUT2D eigenvalue weighted by molar-refractivity contribution is 8.00. The minimum Gasteiger partial charge on any atom is -0.507 e. The first-order valence-corrected chi connectivity index (χ1v) is 17.1. The van der Waals surface area contributed by atoms with Crippen LogP contribution < -0.4 is 14.4 Å². The fourth-order valence-corrected chi connectivity index (χ4v) is 7.29. The van der Waals surface area contributed by atoms with E-state index in [4.69, 9.17) is 32.7 Å². The molecule has 8 nitrogen and oxygen atoms in total. The molecule has 1 atom stereocenters. The van der Waals surface area contributed by atoms with Crippen LogP contribution in [0.3, 0.4) is 0 Å². The number of benzene rings is 3. The van der Waals surface area contributed by atoms with Gasteiger partial charge in [-0.2, -0.15) is 0 Å². The molecule has 1 aliphatic heterocycles. The first kappa shape index (κ1) is 33.7. The number of thioether (sulfide) groups is 1. The fourth-order valence-electron chi connectivity index (χ4n) is 4.86. The Bertz CT molecular complexity index is 1770. The molecule has 1 unspecified atom stereocenters. The second kappa shape index (κ2) is 15.3. The quantitative estimate of drug-likeness (QED) is 0.0368. The third-order valence-corrected chi connectivity index (χ3v) is 9.81. The van der Waals surface area contributed by atoms with Gasteiger partial charge in [-0.25, -0.2) is 4.39 Å². The smallest absolute Gasteiger partial charge is 0.301 e. The van der Waals surface area contributed by atoms with Crippen molar-refractivity contribution in [1.82, 2.24) is 10.2 Å². The maximum Gasteiger partial charge on any atom is 0.301 e. The van der Waals surface area contributed by atoms with Gasteiger partial charge in [-0.15, -0.1) is 10.2 Å². The molecule has 46 heavy (non-hydrogen) atoms. The number of hydrogen-bond acceptors (Lipinski definition) is 9. The highest BCUT2D eigenvalue weighted by Crippen LogP contribution is 2.46. The number of carbonyl (C=O) groups is 2. The Morgan fingerprint density at radius 1 is 1.00 bits per heavy atom. The van der Waals surface area contributed by atoms with Crippen LogP contribution in [-0.2, 0) is 15.3 Å². The van der Waals surface area contributed by atoms with E-state index in [1.807, 2.05) is 13.0 Å². The van der Waals surface area contributed by atoms with Gasteiger partial charge in [0.1, 0.15) is 11.6 Å². The monoisotopic (exact) mass is 701 g/mol. The van der Waals surface area contributed by atoms with Gasteiger partial charge in [0.05, 0.1) is 24.8 Å². The SMILES string of the molecule is CCCCCOc1ccc(C2/C(=C(\O)c3ccc(F)cc3)C(=O)C(=O)N2c2nnc(SCc3ccc(Cl)cc3Cl)s2)cc1OCC. The standard InChI is InChI=1S/C33H30Cl2FN3O5S2/c1-3-5-6-15-44-25-14-10-20(16-26(25)43-4-2)28-27(29(40)19-8-12-23(36)13-9-19)30(41)31(42)39(28)32-37-38-33(46-32)45-18-21-7-11-22(34)17-24(21)35/h7-14,16-17,28,40H,3-6,15,18H2,1-2H3/b29-27+. The molecule has 2 heterocycles. The number of anilines is 1. The molecular weight excluding hydrogens is 672 g/mol. The number of hydrogen-bond donors (Lipinski definition) is 1. The molecule has 0 radical (unpaired) electrons. The average Bonchev–Trinajstić information content (AvgIpc) is 3.61. The minimum absolute atomic E-state index is 0.160. The highest BCUT2D eigenvalue weighted by Gasteiger charge is 2.48. The summed E-state index contributed by atoms with van der Waals surface area (Å²) >= 11 is 14.8. The number of aliphatic hydroxyl groups excluding tert-OH is 1. The highest BCUT2D eigenvalue weighted by atomic mass is 35.5. The normalized spacial score (nSPS) is 15.8. The average molecular weight is 703 g/mol. The molecule has 5 rings (SSSR count). The van der Waals surface area contributed by atoms with Crippen molar-refractivity contribution >= 4 is 68.9 Å². The van der Waals surface area contributed by atoms with E-state index < -0.39 is 29.3 Å². The molecular formula is C33H30Cl2FN3O5S2. The van der Waals surface area contributed by atoms with Gasteiger partial charge in [-0.1, -0.05) is 78.2 Å². The zero-order valence-electron chi connectivity index (χ0n) is 25.0. The maximum atomic E-state index is 13.7. The summed E-state index contributed by atoms with van der Waals surface area (Å²) in [7, 11) is 0. The molecule has 4 aromatic rings. The third kappa shape index (κ3) is 7.49. The van der Waals surface area contributed by atoms with Crippen molar-refractivity contribution in [2.45, 2.75) is 49.2 Å². The van der Waals surface area contributed by atoms with Crippen LogP contribution in [0.5, 0.6) is 11.5 Å². The molecule has 0 aliphatic carbocycles. The van der Waals surface area contributed by atoms with E-state index >= 15 is 0 Å². The molecule has 240 valence electrons. The number of ether oxygens (including phenoxy) is 2. The topological polar surface area (TPSA) is 102 Å². The van der Waals surface area contributed by atoms with Gasteiger partial charge in [0.15, 0.2) is 15.8 Å². The van der Waals surface area contributed by atoms with Crippen LogP contribution in [0.4, 0.5) is 9.52 Å². The van der Waals surface area contributed by atoms with Gasteiger partial charge in [-0.3, -0.25) is 14.5 Å². The van der Waals surface area contributed by atoms with E-state index in [1.165, 1.54) is 40.9 Å². The Labute approximate surface area is 284 Å². The molecule has 1 N–H and O–H groups in total. The minimum atomic E-state index is -1.09. The van der Waals surface area contributed by atoms with E-state index in [0.717, 1.165) is 36.2 Å². The van der Waals surface area contributed by atoms with Gasteiger partial charge < -0.3 is 14.6 Å². The van der Waals surface area contributed by atoms with Crippen LogP contribution in [0.1, 0.15) is 55.8 Å². The number of aromatic nitrogens is 2. The van der Waals surface area contributed by atoms with Crippen LogP contribution in [0, 0.1) is 5.82 Å². The summed E-state index contributed by atoms with van der Waals surface area (Å²) in [6, 6.07) is 14.3. The number of ketones is 1. The van der Waals surface area contributed by atoms with Crippen LogP contribution >= 0.6 is 46.3 Å². The lowest BCUT2D eigenvalue weighted by atomic mass is 9.95. The summed E-state index contributed by atoms with van der Waals surface area (Å²) in [5.41, 5.74) is 1.32. The molecule has 1 aliphatic rings. The van der Waals surface area contributed by atoms with Crippen molar-refractivity contribution in [3.8, 4) is 11.5 Å². The summed E-state index contributed by atoms with van der Waals surface area (Å²) in [6.45, 7) is 4.80. The lowest BCUT2D eigenvalue weighted by Crippen LogP contribution is -2.29. The summed E-state index contributed by atoms with van der Waals surface area (Å²) < 4.78 is 26.1. The third-order valence-electron chi connectivity index (χ3n) is 7.12. The maximum absolute atomic E-state index is 13.7. The summed E-state index contributed by atoms with van der Waals surface area (Å²) in [4.78, 5) is 28.5. The summed E-state index contributed by atoms with van der Waals surface area (Å²) in [6.07, 6.45) is 2.95. The van der Waals surface area contributed by atoms with Crippen LogP contribution in [0.2, 0.25) is 10.0 Å². The zero-order valence-corrected chi connectivity index (χ0v) is 28.1. The van der Waals surface area contributed by atoms with Crippen molar-refractivity contribution < 1.29 is 28.6 Å². The molecule has 3 aromatic carbocycles. The number of nitrogens with zero attached hydrogens (tertiary/aromatic N) is 3. The van der Waals surface area contributed by atoms with Crippen molar-refractivity contribution in [2.75, 3.05) is 18.1 Å². The molecule has 13 heteroatoms. The molecule has 0 spiro atoms. The van der Waals surface area contributed by atoms with Crippen molar-refractivity contribution in [3.63, 3.8) is 0 Å². The zero-order chi connectivity index (χ0) is 32.8. The first-order chi connectivity index (χ1) is 22.2. The van der Waals surface area contributed by atoms with Crippen molar-refractivity contribution in [3.05, 3.63) is 98.8 Å². The van der Waals surface area contributed by atoms with E-state index in [2.05, 4.69) is 17.1 Å². The predicted molar refractivity (Wildman–Crippen MR) is 180 cm³/mol. The Hall–Kier alpha value is -3.64. The van der Waals surface area contributed by atoms with Gasteiger partial charge >= 0.3 is 5.91 Å². The van der Waals surface area contributed by atoms with Crippen LogP contribution in [0.25, 0.3) is 5.76 Å². The van der Waals surface area contributed by atoms with E-state index in [-0.39, 0.29) is 16.3 Å². The van der Waals surface area contributed by atoms with Crippen LogP contribution in [-0.4, -0.2) is 40.2 Å². The Morgan fingerprint density at radius 2 is 1.78 bits per heavy atom. The van der Waals surface area contributed by atoms with Gasteiger partial charge in [-0.05, 0) is 73.0 Å². The van der Waals surface area contributed by atoms with E-state index in [9.17, 15) is 19.1 Å². The van der Waals surface area contributed by atoms with Gasteiger partial charge in [0.2, 0.25) is 5.13 Å². The van der Waals surface area contributed by atoms with Gasteiger partial charge in [0.25, 0.3) is 5.78 Å². The van der Waals surface area contributed by atoms with Gasteiger partial charge in [0, 0.05) is 21.4 Å². The summed E-state index contributed by atoms with van der Waals surface area (Å²) in [5.74, 6) is -1.34.